The maximum atomic E-state index is 11.6. The number of nitrogens with one attached hydrogen (secondary N) is 2. The first-order valence-electron chi connectivity index (χ1n) is 7.34. The zero-order valence-corrected chi connectivity index (χ0v) is 12.8. The van der Waals surface area contributed by atoms with Gasteiger partial charge in [-0.05, 0) is 25.5 Å². The van der Waals surface area contributed by atoms with Crippen molar-refractivity contribution in [2.24, 2.45) is 0 Å². The standard InChI is InChI=1S/C14H20N2O2.C2H6/c1-10(11-6-4-3-5-7-11)16-12-8-9-15-13(12)14(17)18-2;1-2/h3-7,10,12-13,15-16H,8-9H2,1-2H3;1-2H3. The van der Waals surface area contributed by atoms with Gasteiger partial charge in [0.2, 0.25) is 0 Å². The molecule has 4 nitrogen and oxygen atoms in total. The summed E-state index contributed by atoms with van der Waals surface area (Å²) in [6.07, 6.45) is 0.941. The molecule has 1 saturated heterocycles. The first-order valence-corrected chi connectivity index (χ1v) is 7.34. The fourth-order valence-corrected chi connectivity index (χ4v) is 2.42. The number of benzene rings is 1. The lowest BCUT2D eigenvalue weighted by Gasteiger charge is -2.23. The molecule has 3 atom stereocenters. The van der Waals surface area contributed by atoms with Crippen LogP contribution in [0.15, 0.2) is 30.3 Å². The van der Waals surface area contributed by atoms with Crippen molar-refractivity contribution in [2.45, 2.75) is 45.3 Å². The fourth-order valence-electron chi connectivity index (χ4n) is 2.42. The normalized spacial score (nSPS) is 22.6. The van der Waals surface area contributed by atoms with Gasteiger partial charge in [0.25, 0.3) is 0 Å². The van der Waals surface area contributed by atoms with E-state index in [0.29, 0.717) is 0 Å². The van der Waals surface area contributed by atoms with Crippen molar-refractivity contribution in [1.29, 1.82) is 0 Å². The Bertz CT molecular complexity index is 395. The SMILES string of the molecule is CC.COC(=O)C1NCCC1NC(C)c1ccccc1. The van der Waals surface area contributed by atoms with Crippen molar-refractivity contribution in [3.63, 3.8) is 0 Å². The smallest absolute Gasteiger partial charge is 0.324 e. The van der Waals surface area contributed by atoms with Crippen molar-refractivity contribution < 1.29 is 9.53 Å². The lowest BCUT2D eigenvalue weighted by molar-refractivity contribution is -0.143. The fraction of sp³-hybridized carbons (Fsp3) is 0.562. The molecular weight excluding hydrogens is 252 g/mol. The van der Waals surface area contributed by atoms with Crippen molar-refractivity contribution in [3.8, 4) is 0 Å². The highest BCUT2D eigenvalue weighted by Crippen LogP contribution is 2.16. The number of esters is 1. The molecule has 2 rings (SSSR count). The number of rotatable bonds is 4. The second-order valence-corrected chi connectivity index (χ2v) is 4.65. The average molecular weight is 278 g/mol. The van der Waals surface area contributed by atoms with Crippen LogP contribution in [0.2, 0.25) is 0 Å². The third kappa shape index (κ3) is 4.32. The van der Waals surface area contributed by atoms with E-state index < -0.39 is 0 Å². The van der Waals surface area contributed by atoms with Gasteiger partial charge in [0.1, 0.15) is 6.04 Å². The van der Waals surface area contributed by atoms with E-state index in [1.54, 1.807) is 0 Å². The third-order valence-electron chi connectivity index (χ3n) is 3.44. The first kappa shape index (κ1) is 16.7. The van der Waals surface area contributed by atoms with E-state index in [1.165, 1.54) is 12.7 Å². The van der Waals surface area contributed by atoms with Gasteiger partial charge in [0.15, 0.2) is 0 Å². The van der Waals surface area contributed by atoms with E-state index in [0.717, 1.165) is 13.0 Å². The van der Waals surface area contributed by atoms with Gasteiger partial charge in [0.05, 0.1) is 7.11 Å². The lowest BCUT2D eigenvalue weighted by Crippen LogP contribution is -2.47. The molecule has 112 valence electrons. The van der Waals surface area contributed by atoms with Crippen molar-refractivity contribution in [3.05, 3.63) is 35.9 Å². The summed E-state index contributed by atoms with van der Waals surface area (Å²) >= 11 is 0. The largest absolute Gasteiger partial charge is 0.468 e. The highest BCUT2D eigenvalue weighted by atomic mass is 16.5. The molecule has 0 radical (unpaired) electrons. The van der Waals surface area contributed by atoms with Crippen LogP contribution in [0.4, 0.5) is 0 Å². The molecule has 2 N–H and O–H groups in total. The highest BCUT2D eigenvalue weighted by molar-refractivity contribution is 5.77. The summed E-state index contributed by atoms with van der Waals surface area (Å²) in [5.74, 6) is -0.190. The summed E-state index contributed by atoms with van der Waals surface area (Å²) in [5.41, 5.74) is 1.23. The highest BCUT2D eigenvalue weighted by Gasteiger charge is 2.34. The third-order valence-corrected chi connectivity index (χ3v) is 3.44. The van der Waals surface area contributed by atoms with Gasteiger partial charge in [-0.25, -0.2) is 0 Å². The minimum atomic E-state index is -0.235. The second kappa shape index (κ2) is 8.72. The average Bonchev–Trinajstić information content (AvgIpc) is 2.97. The molecule has 4 heteroatoms. The maximum absolute atomic E-state index is 11.6. The molecule has 3 unspecified atom stereocenters. The van der Waals surface area contributed by atoms with Crippen LogP contribution in [0.1, 0.15) is 38.8 Å². The number of hydrogen-bond donors (Lipinski definition) is 2. The Morgan fingerprint density at radius 1 is 1.35 bits per heavy atom. The Morgan fingerprint density at radius 2 is 2.00 bits per heavy atom. The van der Waals surface area contributed by atoms with E-state index in [4.69, 9.17) is 4.74 Å². The molecule has 0 saturated carbocycles. The van der Waals surface area contributed by atoms with Crippen LogP contribution in [-0.4, -0.2) is 31.7 Å². The van der Waals surface area contributed by atoms with Gasteiger partial charge < -0.3 is 15.4 Å². The van der Waals surface area contributed by atoms with Crippen molar-refractivity contribution in [2.75, 3.05) is 13.7 Å². The Morgan fingerprint density at radius 3 is 2.60 bits per heavy atom. The minimum Gasteiger partial charge on any atom is -0.468 e. The molecule has 1 aliphatic rings. The Kier molecular flexibility index (Phi) is 7.26. The molecule has 1 aliphatic heterocycles. The second-order valence-electron chi connectivity index (χ2n) is 4.65. The maximum Gasteiger partial charge on any atom is 0.324 e. The van der Waals surface area contributed by atoms with Gasteiger partial charge in [0, 0.05) is 12.1 Å². The first-order chi connectivity index (χ1) is 9.72. The molecule has 0 aliphatic carbocycles. The van der Waals surface area contributed by atoms with Crippen LogP contribution in [0, 0.1) is 0 Å². The summed E-state index contributed by atoms with van der Waals surface area (Å²) in [5, 5.41) is 6.67. The summed E-state index contributed by atoms with van der Waals surface area (Å²) in [4.78, 5) is 11.6. The molecule has 0 spiro atoms. The quantitative estimate of drug-likeness (QED) is 0.830. The van der Waals surface area contributed by atoms with Crippen LogP contribution in [0.5, 0.6) is 0 Å². The van der Waals surface area contributed by atoms with E-state index in [-0.39, 0.29) is 24.1 Å². The summed E-state index contributed by atoms with van der Waals surface area (Å²) < 4.78 is 4.81. The van der Waals surface area contributed by atoms with Crippen LogP contribution in [-0.2, 0) is 9.53 Å². The molecule has 0 amide bonds. The van der Waals surface area contributed by atoms with E-state index in [2.05, 4.69) is 29.7 Å². The monoisotopic (exact) mass is 278 g/mol. The van der Waals surface area contributed by atoms with E-state index in [1.807, 2.05) is 32.0 Å². The van der Waals surface area contributed by atoms with Gasteiger partial charge >= 0.3 is 5.97 Å². The van der Waals surface area contributed by atoms with Crippen LogP contribution in [0.25, 0.3) is 0 Å². The molecule has 1 aromatic carbocycles. The van der Waals surface area contributed by atoms with Gasteiger partial charge in [-0.2, -0.15) is 0 Å². The zero-order valence-electron chi connectivity index (χ0n) is 12.8. The predicted octanol–water partition coefficient (Wildman–Crippen LogP) is 2.27. The molecule has 1 aromatic rings. The molecule has 0 bridgehead atoms. The molecule has 20 heavy (non-hydrogen) atoms. The molecule has 1 heterocycles. The van der Waals surface area contributed by atoms with Crippen molar-refractivity contribution in [1.82, 2.24) is 10.6 Å². The molecule has 1 fully saturated rings. The minimum absolute atomic E-state index is 0.132. The lowest BCUT2D eigenvalue weighted by atomic mass is 10.0. The van der Waals surface area contributed by atoms with Crippen molar-refractivity contribution >= 4 is 5.97 Å². The van der Waals surface area contributed by atoms with Gasteiger partial charge in [-0.3, -0.25) is 4.79 Å². The Labute approximate surface area is 121 Å². The van der Waals surface area contributed by atoms with E-state index >= 15 is 0 Å². The zero-order chi connectivity index (χ0) is 15.0. The Balaban J connectivity index is 0.000000956. The molecule has 0 aromatic heterocycles. The topological polar surface area (TPSA) is 50.4 Å². The van der Waals surface area contributed by atoms with Crippen LogP contribution >= 0.6 is 0 Å². The van der Waals surface area contributed by atoms with Gasteiger partial charge in [-0.15, -0.1) is 0 Å². The number of carbonyl (C=O) groups excluding carboxylic acids is 1. The van der Waals surface area contributed by atoms with E-state index in [9.17, 15) is 4.79 Å². The number of ether oxygens (including phenoxy) is 1. The van der Waals surface area contributed by atoms with Crippen LogP contribution in [0.3, 0.4) is 0 Å². The predicted molar refractivity (Wildman–Crippen MR) is 81.6 cm³/mol. The van der Waals surface area contributed by atoms with Gasteiger partial charge in [-0.1, -0.05) is 44.2 Å². The summed E-state index contributed by atoms with van der Waals surface area (Å²) in [6, 6.07) is 10.4. The summed E-state index contributed by atoms with van der Waals surface area (Å²) in [7, 11) is 1.43. The van der Waals surface area contributed by atoms with Crippen LogP contribution < -0.4 is 10.6 Å². The Hall–Kier alpha value is -1.39. The number of hydrogen-bond acceptors (Lipinski definition) is 4. The number of methoxy groups -OCH3 is 1. The number of carbonyl (C=O) groups is 1. The molecular formula is C16H26N2O2. The summed E-state index contributed by atoms with van der Waals surface area (Å²) in [6.45, 7) is 6.96.